The highest BCUT2D eigenvalue weighted by Gasteiger charge is 2.37. The van der Waals surface area contributed by atoms with Crippen LogP contribution < -0.4 is 0 Å². The van der Waals surface area contributed by atoms with Crippen LogP contribution in [0.4, 0.5) is 0 Å². The molecule has 3 heteroatoms. The summed E-state index contributed by atoms with van der Waals surface area (Å²) in [5.41, 5.74) is 2.31. The minimum absolute atomic E-state index is 0.260. The van der Waals surface area contributed by atoms with Crippen LogP contribution in [0.2, 0.25) is 18.1 Å². The fourth-order valence-corrected chi connectivity index (χ4v) is 2.16. The van der Waals surface area contributed by atoms with Crippen molar-refractivity contribution < 1.29 is 4.43 Å². The molecule has 0 spiro atoms. The van der Waals surface area contributed by atoms with Gasteiger partial charge in [-0.2, -0.15) is 0 Å². The molecule has 0 bridgehead atoms. The van der Waals surface area contributed by atoms with E-state index in [-0.39, 0.29) is 5.04 Å². The first-order chi connectivity index (χ1) is 7.76. The molecule has 0 aliphatic heterocycles. The Hall–Kier alpha value is -0.673. The lowest BCUT2D eigenvalue weighted by molar-refractivity contribution is 0.272. The largest absolute Gasteiger partial charge is 0.411 e. The van der Waals surface area contributed by atoms with E-state index in [1.54, 1.807) is 0 Å². The molecular formula is C14H25NOSi. The maximum Gasteiger partial charge on any atom is 0.192 e. The van der Waals surface area contributed by atoms with Crippen LogP contribution in [0, 0.1) is 0 Å². The summed E-state index contributed by atoms with van der Waals surface area (Å²) >= 11 is 0. The van der Waals surface area contributed by atoms with Crippen LogP contribution in [0.3, 0.4) is 0 Å². The third-order valence-corrected chi connectivity index (χ3v) is 8.16. The normalized spacial score (nSPS) is 12.8. The molecule has 1 rings (SSSR count). The van der Waals surface area contributed by atoms with Gasteiger partial charge in [-0.1, -0.05) is 33.8 Å². The minimum Gasteiger partial charge on any atom is -0.411 e. The van der Waals surface area contributed by atoms with Crippen molar-refractivity contribution in [2.24, 2.45) is 0 Å². The maximum absolute atomic E-state index is 6.13. The molecule has 17 heavy (non-hydrogen) atoms. The van der Waals surface area contributed by atoms with E-state index in [4.69, 9.17) is 4.43 Å². The highest BCUT2D eigenvalue weighted by molar-refractivity contribution is 6.74. The molecule has 0 saturated heterocycles. The summed E-state index contributed by atoms with van der Waals surface area (Å²) in [6.07, 6.45) is 2.99. The van der Waals surface area contributed by atoms with E-state index in [1.165, 1.54) is 5.56 Å². The first-order valence-electron chi connectivity index (χ1n) is 6.34. The first kappa shape index (κ1) is 14.4. The second kappa shape index (κ2) is 5.32. The van der Waals surface area contributed by atoms with Crippen LogP contribution in [0.5, 0.6) is 0 Å². The molecule has 0 aromatic carbocycles. The van der Waals surface area contributed by atoms with Gasteiger partial charge in [0.1, 0.15) is 0 Å². The highest BCUT2D eigenvalue weighted by atomic mass is 28.4. The number of nitrogens with zero attached hydrogens (tertiary/aromatic N) is 1. The Morgan fingerprint density at radius 1 is 1.24 bits per heavy atom. The van der Waals surface area contributed by atoms with E-state index >= 15 is 0 Å². The second-order valence-corrected chi connectivity index (χ2v) is 10.9. The van der Waals surface area contributed by atoms with Crippen LogP contribution in [0.1, 0.15) is 39.0 Å². The number of hydrogen-bond acceptors (Lipinski definition) is 2. The van der Waals surface area contributed by atoms with Gasteiger partial charge in [-0.3, -0.25) is 4.98 Å². The van der Waals surface area contributed by atoms with Crippen molar-refractivity contribution in [3.63, 3.8) is 0 Å². The van der Waals surface area contributed by atoms with Crippen molar-refractivity contribution in [2.45, 2.75) is 58.9 Å². The highest BCUT2D eigenvalue weighted by Crippen LogP contribution is 2.36. The van der Waals surface area contributed by atoms with Gasteiger partial charge in [-0.25, -0.2) is 0 Å². The molecular weight excluding hydrogens is 226 g/mol. The molecule has 0 N–H and O–H groups in total. The fraction of sp³-hybridized carbons (Fsp3) is 0.643. The predicted octanol–water partition coefficient (Wildman–Crippen LogP) is 4.17. The minimum atomic E-state index is -1.65. The van der Waals surface area contributed by atoms with Crippen LogP contribution >= 0.6 is 0 Å². The molecule has 0 unspecified atom stereocenters. The molecule has 1 aromatic rings. The Bertz CT molecular complexity index is 351. The second-order valence-electron chi connectivity index (χ2n) is 6.06. The molecule has 1 aromatic heterocycles. The molecule has 2 nitrogen and oxygen atoms in total. The number of pyridine rings is 1. The predicted molar refractivity (Wildman–Crippen MR) is 75.6 cm³/mol. The average Bonchev–Trinajstić information content (AvgIpc) is 2.25. The summed E-state index contributed by atoms with van der Waals surface area (Å²) in [6.45, 7) is 14.1. The lowest BCUT2D eigenvalue weighted by Crippen LogP contribution is -2.40. The molecule has 0 atom stereocenters. The van der Waals surface area contributed by atoms with E-state index in [0.29, 0.717) is 6.61 Å². The quantitative estimate of drug-likeness (QED) is 0.749. The Balaban J connectivity index is 2.61. The Labute approximate surface area is 107 Å². The van der Waals surface area contributed by atoms with Gasteiger partial charge in [-0.05, 0) is 36.2 Å². The van der Waals surface area contributed by atoms with Gasteiger partial charge >= 0.3 is 0 Å². The van der Waals surface area contributed by atoms with Gasteiger partial charge in [0, 0.05) is 6.20 Å². The van der Waals surface area contributed by atoms with Gasteiger partial charge in [-0.15, -0.1) is 0 Å². The summed E-state index contributed by atoms with van der Waals surface area (Å²) in [5, 5.41) is 0.260. The van der Waals surface area contributed by atoms with Gasteiger partial charge < -0.3 is 4.43 Å². The SMILES string of the molecule is CCc1ccc(CO[Si](C)(C)C(C)(C)C)nc1. The van der Waals surface area contributed by atoms with Crippen molar-refractivity contribution in [1.29, 1.82) is 0 Å². The van der Waals surface area contributed by atoms with Crippen LogP contribution in [0.25, 0.3) is 0 Å². The topological polar surface area (TPSA) is 22.1 Å². The monoisotopic (exact) mass is 251 g/mol. The Morgan fingerprint density at radius 3 is 2.29 bits per heavy atom. The molecule has 0 amide bonds. The third kappa shape index (κ3) is 3.93. The molecule has 0 fully saturated rings. The van der Waals surface area contributed by atoms with Crippen molar-refractivity contribution in [1.82, 2.24) is 4.98 Å². The van der Waals surface area contributed by atoms with Gasteiger partial charge in [0.05, 0.1) is 12.3 Å². The van der Waals surface area contributed by atoms with E-state index in [9.17, 15) is 0 Å². The Kier molecular flexibility index (Phi) is 4.50. The Morgan fingerprint density at radius 2 is 1.88 bits per heavy atom. The van der Waals surface area contributed by atoms with Crippen molar-refractivity contribution >= 4 is 8.32 Å². The van der Waals surface area contributed by atoms with E-state index in [0.717, 1.165) is 12.1 Å². The van der Waals surface area contributed by atoms with Crippen LogP contribution in [0.15, 0.2) is 18.3 Å². The fourth-order valence-electron chi connectivity index (χ4n) is 1.22. The van der Waals surface area contributed by atoms with E-state index < -0.39 is 8.32 Å². The lowest BCUT2D eigenvalue weighted by atomic mass is 10.2. The number of rotatable bonds is 4. The van der Waals surface area contributed by atoms with Crippen LogP contribution in [-0.4, -0.2) is 13.3 Å². The van der Waals surface area contributed by atoms with Crippen molar-refractivity contribution in [2.75, 3.05) is 0 Å². The first-order valence-corrected chi connectivity index (χ1v) is 9.25. The smallest absolute Gasteiger partial charge is 0.192 e. The summed E-state index contributed by atoms with van der Waals surface area (Å²) in [6, 6.07) is 4.21. The van der Waals surface area contributed by atoms with E-state index in [1.807, 2.05) is 6.20 Å². The molecule has 96 valence electrons. The summed E-state index contributed by atoms with van der Waals surface area (Å²) in [5.74, 6) is 0. The molecule has 0 radical (unpaired) electrons. The standard InChI is InChI=1S/C14H25NOSi/c1-7-12-8-9-13(15-10-12)11-16-17(5,6)14(2,3)4/h8-10H,7,11H2,1-6H3. The van der Waals surface area contributed by atoms with Gasteiger partial charge in [0.15, 0.2) is 8.32 Å². The zero-order valence-electron chi connectivity index (χ0n) is 12.0. The summed E-state index contributed by atoms with van der Waals surface area (Å²) < 4.78 is 6.13. The third-order valence-electron chi connectivity index (χ3n) is 3.68. The number of aromatic nitrogens is 1. The van der Waals surface area contributed by atoms with Crippen molar-refractivity contribution in [3.05, 3.63) is 29.6 Å². The van der Waals surface area contributed by atoms with Gasteiger partial charge in [0.2, 0.25) is 0 Å². The number of hydrogen-bond donors (Lipinski definition) is 0. The molecule has 1 heterocycles. The summed E-state index contributed by atoms with van der Waals surface area (Å²) in [4.78, 5) is 4.43. The van der Waals surface area contributed by atoms with E-state index in [2.05, 4.69) is 57.9 Å². The molecule has 0 aliphatic carbocycles. The zero-order valence-corrected chi connectivity index (χ0v) is 13.0. The van der Waals surface area contributed by atoms with Crippen LogP contribution in [-0.2, 0) is 17.5 Å². The molecule has 0 saturated carbocycles. The maximum atomic E-state index is 6.13. The van der Waals surface area contributed by atoms with Gasteiger partial charge in [0.25, 0.3) is 0 Å². The number of aryl methyl sites for hydroxylation is 1. The lowest BCUT2D eigenvalue weighted by Gasteiger charge is -2.36. The summed E-state index contributed by atoms with van der Waals surface area (Å²) in [7, 11) is -1.65. The molecule has 0 aliphatic rings. The van der Waals surface area contributed by atoms with Crippen molar-refractivity contribution in [3.8, 4) is 0 Å². The average molecular weight is 251 g/mol. The zero-order chi connectivity index (χ0) is 13.1.